The number of carboxylic acids is 1. The van der Waals surface area contributed by atoms with E-state index in [0.717, 1.165) is 0 Å². The molecule has 1 amide bonds. The Morgan fingerprint density at radius 1 is 1.25 bits per heavy atom. The van der Waals surface area contributed by atoms with Gasteiger partial charge in [-0.2, -0.15) is 0 Å². The molecule has 0 saturated carbocycles. The van der Waals surface area contributed by atoms with Crippen molar-refractivity contribution in [2.24, 2.45) is 5.41 Å². The number of hydrogen-bond acceptors (Lipinski definition) is 4. The predicted octanol–water partition coefficient (Wildman–Crippen LogP) is -0.445. The van der Waals surface area contributed by atoms with E-state index in [1.165, 1.54) is 13.8 Å². The van der Waals surface area contributed by atoms with Gasteiger partial charge in [0, 0.05) is 13.0 Å². The molecule has 0 saturated heterocycles. The zero-order chi connectivity index (χ0) is 12.8. The first kappa shape index (κ1) is 14.6. The summed E-state index contributed by atoms with van der Waals surface area (Å²) in [5.74, 6) is -2.44. The van der Waals surface area contributed by atoms with Crippen LogP contribution in [0.5, 0.6) is 0 Å². The number of carboxylic acid groups (broad SMARTS) is 1. The number of aliphatic hydroxyl groups is 1. The standard InChI is InChI=1S/C10H17NO5/c1-10(2,6-12)8(15)9(16)11-5-3-4-7(13)14/h12H,3-6H2,1-2H3,(H,11,16)(H,13,14). The summed E-state index contributed by atoms with van der Waals surface area (Å²) in [7, 11) is 0. The summed E-state index contributed by atoms with van der Waals surface area (Å²) in [4.78, 5) is 32.9. The van der Waals surface area contributed by atoms with Crippen LogP contribution in [0.3, 0.4) is 0 Å². The largest absolute Gasteiger partial charge is 0.481 e. The Hall–Kier alpha value is -1.43. The maximum atomic E-state index is 11.4. The number of Topliss-reactive ketones (excluding diaryl/α,β-unsaturated/α-hetero) is 1. The molecule has 0 aromatic heterocycles. The topological polar surface area (TPSA) is 104 Å². The first-order valence-corrected chi connectivity index (χ1v) is 4.96. The van der Waals surface area contributed by atoms with Crippen LogP contribution in [0.4, 0.5) is 0 Å². The minimum atomic E-state index is -1.10. The van der Waals surface area contributed by atoms with Gasteiger partial charge in [0.05, 0.1) is 12.0 Å². The molecule has 0 aliphatic carbocycles. The molecule has 6 nitrogen and oxygen atoms in total. The molecule has 0 fully saturated rings. The summed E-state index contributed by atoms with van der Waals surface area (Å²) in [6, 6.07) is 0. The van der Waals surface area contributed by atoms with Crippen LogP contribution >= 0.6 is 0 Å². The molecule has 0 unspecified atom stereocenters. The van der Waals surface area contributed by atoms with E-state index in [0.29, 0.717) is 0 Å². The van der Waals surface area contributed by atoms with Gasteiger partial charge in [0.25, 0.3) is 5.91 Å². The van der Waals surface area contributed by atoms with Gasteiger partial charge >= 0.3 is 5.97 Å². The molecule has 0 rings (SSSR count). The van der Waals surface area contributed by atoms with Gasteiger partial charge in [0.2, 0.25) is 5.78 Å². The van der Waals surface area contributed by atoms with E-state index in [4.69, 9.17) is 10.2 Å². The lowest BCUT2D eigenvalue weighted by Gasteiger charge is -2.18. The second kappa shape index (κ2) is 6.22. The van der Waals surface area contributed by atoms with Gasteiger partial charge in [-0.05, 0) is 6.42 Å². The quantitative estimate of drug-likeness (QED) is 0.407. The fraction of sp³-hybridized carbons (Fsp3) is 0.700. The van der Waals surface area contributed by atoms with Gasteiger partial charge in [0.1, 0.15) is 0 Å². The van der Waals surface area contributed by atoms with Crippen LogP contribution in [0.1, 0.15) is 26.7 Å². The van der Waals surface area contributed by atoms with Crippen LogP contribution in [0.2, 0.25) is 0 Å². The van der Waals surface area contributed by atoms with Crippen molar-refractivity contribution in [3.05, 3.63) is 0 Å². The maximum Gasteiger partial charge on any atom is 0.303 e. The lowest BCUT2D eigenvalue weighted by Crippen LogP contribution is -2.41. The summed E-state index contributed by atoms with van der Waals surface area (Å²) in [5.41, 5.74) is -1.10. The predicted molar refractivity (Wildman–Crippen MR) is 55.8 cm³/mol. The van der Waals surface area contributed by atoms with Gasteiger partial charge < -0.3 is 15.5 Å². The highest BCUT2D eigenvalue weighted by Crippen LogP contribution is 2.14. The van der Waals surface area contributed by atoms with Gasteiger partial charge in [-0.25, -0.2) is 0 Å². The number of carbonyl (C=O) groups is 3. The molecule has 16 heavy (non-hydrogen) atoms. The van der Waals surface area contributed by atoms with E-state index in [2.05, 4.69) is 5.32 Å². The average molecular weight is 231 g/mol. The normalized spacial score (nSPS) is 10.9. The van der Waals surface area contributed by atoms with Gasteiger partial charge in [-0.3, -0.25) is 14.4 Å². The molecule has 0 heterocycles. The van der Waals surface area contributed by atoms with Crippen molar-refractivity contribution in [3.63, 3.8) is 0 Å². The van der Waals surface area contributed by atoms with Crippen molar-refractivity contribution in [3.8, 4) is 0 Å². The fourth-order valence-corrected chi connectivity index (χ4v) is 0.901. The van der Waals surface area contributed by atoms with E-state index < -0.39 is 29.7 Å². The molecule has 92 valence electrons. The Balaban J connectivity index is 3.99. The lowest BCUT2D eigenvalue weighted by atomic mass is 9.89. The van der Waals surface area contributed by atoms with Crippen LogP contribution in [-0.4, -0.2) is 41.0 Å². The van der Waals surface area contributed by atoms with Crippen LogP contribution in [0.15, 0.2) is 0 Å². The molecule has 0 aliphatic heterocycles. The molecular formula is C10H17NO5. The minimum Gasteiger partial charge on any atom is -0.481 e. The first-order chi connectivity index (χ1) is 7.31. The molecular weight excluding hydrogens is 214 g/mol. The third-order valence-electron chi connectivity index (χ3n) is 2.07. The zero-order valence-electron chi connectivity index (χ0n) is 9.45. The number of rotatable bonds is 7. The van der Waals surface area contributed by atoms with Gasteiger partial charge in [0.15, 0.2) is 0 Å². The highest BCUT2D eigenvalue weighted by atomic mass is 16.4. The number of hydrogen-bond donors (Lipinski definition) is 3. The summed E-state index contributed by atoms with van der Waals surface area (Å²) < 4.78 is 0. The first-order valence-electron chi connectivity index (χ1n) is 4.96. The van der Waals surface area contributed by atoms with E-state index in [-0.39, 0.29) is 19.4 Å². The van der Waals surface area contributed by atoms with Crippen molar-refractivity contribution < 1.29 is 24.6 Å². The fourth-order valence-electron chi connectivity index (χ4n) is 0.901. The molecule has 0 radical (unpaired) electrons. The summed E-state index contributed by atoms with van der Waals surface area (Å²) >= 11 is 0. The summed E-state index contributed by atoms with van der Waals surface area (Å²) in [6.07, 6.45) is 0.214. The van der Waals surface area contributed by atoms with Crippen LogP contribution in [0.25, 0.3) is 0 Å². The second-order valence-electron chi connectivity index (χ2n) is 4.12. The number of amides is 1. The lowest BCUT2D eigenvalue weighted by molar-refractivity contribution is -0.144. The summed E-state index contributed by atoms with van der Waals surface area (Å²) in [5, 5.41) is 19.5. The molecule has 6 heteroatoms. The molecule has 0 aromatic carbocycles. The van der Waals surface area contributed by atoms with Crippen molar-refractivity contribution >= 4 is 17.7 Å². The Morgan fingerprint density at radius 2 is 1.81 bits per heavy atom. The van der Waals surface area contributed by atoms with Gasteiger partial charge in [-0.1, -0.05) is 13.8 Å². The molecule has 3 N–H and O–H groups in total. The molecule has 0 aliphatic rings. The van der Waals surface area contributed by atoms with E-state index >= 15 is 0 Å². The smallest absolute Gasteiger partial charge is 0.303 e. The Kier molecular flexibility index (Phi) is 5.66. The Bertz CT molecular complexity index is 285. The van der Waals surface area contributed by atoms with E-state index in [1.54, 1.807) is 0 Å². The monoisotopic (exact) mass is 231 g/mol. The van der Waals surface area contributed by atoms with Crippen molar-refractivity contribution in [2.75, 3.05) is 13.2 Å². The average Bonchev–Trinajstić information content (AvgIpc) is 2.22. The molecule has 0 spiro atoms. The van der Waals surface area contributed by atoms with Crippen molar-refractivity contribution in [2.45, 2.75) is 26.7 Å². The molecule has 0 bridgehead atoms. The molecule has 0 aromatic rings. The number of carbonyl (C=O) groups excluding carboxylic acids is 2. The third kappa shape index (κ3) is 4.88. The van der Waals surface area contributed by atoms with E-state index in [9.17, 15) is 14.4 Å². The SMILES string of the molecule is CC(C)(CO)C(=O)C(=O)NCCCC(=O)O. The highest BCUT2D eigenvalue weighted by molar-refractivity contribution is 6.38. The number of ketones is 1. The van der Waals surface area contributed by atoms with E-state index in [1.807, 2.05) is 0 Å². The Morgan fingerprint density at radius 3 is 2.25 bits per heavy atom. The molecule has 0 atom stereocenters. The van der Waals surface area contributed by atoms with Gasteiger partial charge in [-0.15, -0.1) is 0 Å². The van der Waals surface area contributed by atoms with Crippen molar-refractivity contribution in [1.82, 2.24) is 5.32 Å². The van der Waals surface area contributed by atoms with Crippen LogP contribution in [0, 0.1) is 5.41 Å². The number of aliphatic hydroxyl groups excluding tert-OH is 1. The minimum absolute atomic E-state index is 0.0577. The highest BCUT2D eigenvalue weighted by Gasteiger charge is 2.31. The zero-order valence-corrected chi connectivity index (χ0v) is 9.45. The Labute approximate surface area is 93.6 Å². The van der Waals surface area contributed by atoms with Crippen molar-refractivity contribution in [1.29, 1.82) is 0 Å². The maximum absolute atomic E-state index is 11.4. The second-order valence-corrected chi connectivity index (χ2v) is 4.12. The van der Waals surface area contributed by atoms with Crippen LogP contribution < -0.4 is 5.32 Å². The van der Waals surface area contributed by atoms with Crippen LogP contribution in [-0.2, 0) is 14.4 Å². The number of nitrogens with one attached hydrogen (secondary N) is 1. The number of aliphatic carboxylic acids is 1. The third-order valence-corrected chi connectivity index (χ3v) is 2.07. The summed E-state index contributed by atoms with van der Waals surface area (Å²) in [6.45, 7) is 2.66.